The first-order chi connectivity index (χ1) is 12.0. The molecule has 8 heteroatoms. The normalized spacial score (nSPS) is 15.2. The largest absolute Gasteiger partial charge is 0.468 e. The zero-order valence-electron chi connectivity index (χ0n) is 14.1. The fourth-order valence-electron chi connectivity index (χ4n) is 2.72. The fourth-order valence-corrected chi connectivity index (χ4v) is 2.72. The average Bonchev–Trinajstić information content (AvgIpc) is 3.04. The van der Waals surface area contributed by atoms with E-state index < -0.39 is 5.91 Å². The van der Waals surface area contributed by atoms with Crippen LogP contribution in [0.1, 0.15) is 16.1 Å². The molecule has 0 saturated carbocycles. The molecule has 1 saturated heterocycles. The summed E-state index contributed by atoms with van der Waals surface area (Å²) in [4.78, 5) is 32.3. The van der Waals surface area contributed by atoms with E-state index in [4.69, 9.17) is 10.2 Å². The molecular weight excluding hydrogens is 322 g/mol. The Morgan fingerprint density at radius 3 is 2.64 bits per heavy atom. The molecule has 2 amide bonds. The fraction of sp³-hybridized carbons (Fsp3) is 0.353. The van der Waals surface area contributed by atoms with Gasteiger partial charge < -0.3 is 25.3 Å². The molecule has 0 aromatic carbocycles. The van der Waals surface area contributed by atoms with Crippen molar-refractivity contribution in [3.05, 3.63) is 42.0 Å². The Morgan fingerprint density at radius 1 is 1.24 bits per heavy atom. The van der Waals surface area contributed by atoms with Gasteiger partial charge in [0.2, 0.25) is 5.91 Å². The maximum absolute atomic E-state index is 12.3. The van der Waals surface area contributed by atoms with Gasteiger partial charge in [-0.2, -0.15) is 0 Å². The smallest absolute Gasteiger partial charge is 0.259 e. The monoisotopic (exact) mass is 343 g/mol. The Labute approximate surface area is 145 Å². The third-order valence-corrected chi connectivity index (χ3v) is 4.16. The highest BCUT2D eigenvalue weighted by molar-refractivity contribution is 6.05. The summed E-state index contributed by atoms with van der Waals surface area (Å²) in [6, 6.07) is 5.21. The standard InChI is InChI=1S/C17H21N5O3/c1-21-5-7-22(8-6-21)16-3-2-12(11-19-16)20-17(24)13-4-9-25-14(13)10-15(18)23/h2-4,9,11H,5-8,10H2,1H3,(H2,18,23)(H,20,24). The van der Waals surface area contributed by atoms with E-state index in [9.17, 15) is 9.59 Å². The van der Waals surface area contributed by atoms with Gasteiger partial charge in [-0.05, 0) is 25.2 Å². The number of nitrogens with zero attached hydrogens (tertiary/aromatic N) is 3. The predicted octanol–water partition coefficient (Wildman–Crippen LogP) is 0.707. The molecule has 0 spiro atoms. The number of hydrogen-bond donors (Lipinski definition) is 2. The van der Waals surface area contributed by atoms with Crippen LogP contribution >= 0.6 is 0 Å². The van der Waals surface area contributed by atoms with Crippen LogP contribution < -0.4 is 16.0 Å². The molecule has 8 nitrogen and oxygen atoms in total. The molecular formula is C17H21N5O3. The van der Waals surface area contributed by atoms with Crippen molar-refractivity contribution in [1.82, 2.24) is 9.88 Å². The number of furan rings is 1. The first kappa shape index (κ1) is 17.0. The highest BCUT2D eigenvalue weighted by Gasteiger charge is 2.18. The number of carbonyl (C=O) groups excluding carboxylic acids is 2. The van der Waals surface area contributed by atoms with E-state index in [0.717, 1.165) is 32.0 Å². The zero-order chi connectivity index (χ0) is 17.8. The molecule has 0 atom stereocenters. The predicted molar refractivity (Wildman–Crippen MR) is 93.5 cm³/mol. The van der Waals surface area contributed by atoms with Gasteiger partial charge >= 0.3 is 0 Å². The van der Waals surface area contributed by atoms with Gasteiger partial charge in [0.15, 0.2) is 0 Å². The van der Waals surface area contributed by atoms with Gasteiger partial charge in [0.1, 0.15) is 11.6 Å². The number of pyridine rings is 1. The minimum atomic E-state index is -0.554. The van der Waals surface area contributed by atoms with Crippen molar-refractivity contribution < 1.29 is 14.0 Å². The van der Waals surface area contributed by atoms with Crippen LogP contribution in [-0.4, -0.2) is 54.9 Å². The van der Waals surface area contributed by atoms with Gasteiger partial charge in [-0.3, -0.25) is 9.59 Å². The van der Waals surface area contributed by atoms with E-state index in [1.165, 1.54) is 12.3 Å². The van der Waals surface area contributed by atoms with Crippen LogP contribution in [0.5, 0.6) is 0 Å². The van der Waals surface area contributed by atoms with Crippen molar-refractivity contribution >= 4 is 23.3 Å². The summed E-state index contributed by atoms with van der Waals surface area (Å²) in [5, 5.41) is 2.75. The molecule has 1 aliphatic heterocycles. The van der Waals surface area contributed by atoms with Gasteiger partial charge in [0, 0.05) is 26.2 Å². The number of piperazine rings is 1. The molecule has 1 fully saturated rings. The van der Waals surface area contributed by atoms with Gasteiger partial charge in [-0.1, -0.05) is 0 Å². The van der Waals surface area contributed by atoms with Crippen LogP contribution in [0, 0.1) is 0 Å². The van der Waals surface area contributed by atoms with Crippen molar-refractivity contribution in [2.45, 2.75) is 6.42 Å². The molecule has 25 heavy (non-hydrogen) atoms. The van der Waals surface area contributed by atoms with E-state index in [1.54, 1.807) is 6.20 Å². The van der Waals surface area contributed by atoms with Gasteiger partial charge in [-0.25, -0.2) is 4.98 Å². The summed E-state index contributed by atoms with van der Waals surface area (Å²) in [5.41, 5.74) is 6.02. The minimum absolute atomic E-state index is 0.115. The van der Waals surface area contributed by atoms with Crippen molar-refractivity contribution in [2.75, 3.05) is 43.4 Å². The molecule has 0 unspecified atom stereocenters. The number of rotatable bonds is 5. The lowest BCUT2D eigenvalue weighted by molar-refractivity contribution is -0.117. The summed E-state index contributed by atoms with van der Waals surface area (Å²) in [5.74, 6) is 0.234. The quantitative estimate of drug-likeness (QED) is 0.828. The molecule has 0 bridgehead atoms. The lowest BCUT2D eigenvalue weighted by Crippen LogP contribution is -2.44. The second-order valence-electron chi connectivity index (χ2n) is 6.05. The van der Waals surface area contributed by atoms with Crippen LogP contribution in [0.2, 0.25) is 0 Å². The summed E-state index contributed by atoms with van der Waals surface area (Å²) in [6.07, 6.45) is 2.87. The molecule has 2 aromatic rings. The van der Waals surface area contributed by atoms with E-state index >= 15 is 0 Å². The molecule has 1 aliphatic rings. The maximum atomic E-state index is 12.3. The summed E-state index contributed by atoms with van der Waals surface area (Å²) in [7, 11) is 2.10. The number of likely N-dealkylation sites (N-methyl/N-ethyl adjacent to an activating group) is 1. The Bertz CT molecular complexity index is 748. The van der Waals surface area contributed by atoms with E-state index in [2.05, 4.69) is 27.1 Å². The average molecular weight is 343 g/mol. The molecule has 132 valence electrons. The van der Waals surface area contributed by atoms with Gasteiger partial charge in [0.25, 0.3) is 5.91 Å². The molecule has 3 rings (SSSR count). The molecule has 2 aromatic heterocycles. The Balaban J connectivity index is 1.64. The second kappa shape index (κ2) is 7.35. The highest BCUT2D eigenvalue weighted by Crippen LogP contribution is 2.18. The van der Waals surface area contributed by atoms with Crippen molar-refractivity contribution in [3.8, 4) is 0 Å². The van der Waals surface area contributed by atoms with Crippen molar-refractivity contribution in [2.24, 2.45) is 5.73 Å². The van der Waals surface area contributed by atoms with Crippen molar-refractivity contribution in [1.29, 1.82) is 0 Å². The second-order valence-corrected chi connectivity index (χ2v) is 6.05. The number of nitrogens with one attached hydrogen (secondary N) is 1. The summed E-state index contributed by atoms with van der Waals surface area (Å²) < 4.78 is 5.15. The number of carbonyl (C=O) groups is 2. The van der Waals surface area contributed by atoms with Crippen LogP contribution in [0.3, 0.4) is 0 Å². The zero-order valence-corrected chi connectivity index (χ0v) is 14.1. The number of primary amides is 1. The highest BCUT2D eigenvalue weighted by atomic mass is 16.3. The summed E-state index contributed by atoms with van der Waals surface area (Å²) in [6.45, 7) is 3.87. The van der Waals surface area contributed by atoms with Gasteiger partial charge in [-0.15, -0.1) is 0 Å². The molecule has 0 aliphatic carbocycles. The first-order valence-corrected chi connectivity index (χ1v) is 8.08. The lowest BCUT2D eigenvalue weighted by Gasteiger charge is -2.33. The Kier molecular flexibility index (Phi) is 4.99. The molecule has 3 N–H and O–H groups in total. The van der Waals surface area contributed by atoms with Crippen LogP contribution in [-0.2, 0) is 11.2 Å². The van der Waals surface area contributed by atoms with Crippen LogP contribution in [0.4, 0.5) is 11.5 Å². The van der Waals surface area contributed by atoms with E-state index in [0.29, 0.717) is 11.3 Å². The molecule has 3 heterocycles. The van der Waals surface area contributed by atoms with E-state index in [1.807, 2.05) is 12.1 Å². The number of nitrogens with two attached hydrogens (primary N) is 1. The Morgan fingerprint density at radius 2 is 2.00 bits per heavy atom. The summed E-state index contributed by atoms with van der Waals surface area (Å²) >= 11 is 0. The maximum Gasteiger partial charge on any atom is 0.259 e. The molecule has 0 radical (unpaired) electrons. The first-order valence-electron chi connectivity index (χ1n) is 8.08. The number of hydrogen-bond acceptors (Lipinski definition) is 6. The Hall–Kier alpha value is -2.87. The number of amides is 2. The van der Waals surface area contributed by atoms with E-state index in [-0.39, 0.29) is 18.1 Å². The number of aromatic nitrogens is 1. The van der Waals surface area contributed by atoms with Gasteiger partial charge in [0.05, 0.1) is 30.1 Å². The third-order valence-electron chi connectivity index (χ3n) is 4.16. The van der Waals surface area contributed by atoms with Crippen molar-refractivity contribution in [3.63, 3.8) is 0 Å². The minimum Gasteiger partial charge on any atom is -0.468 e. The topological polar surface area (TPSA) is 105 Å². The lowest BCUT2D eigenvalue weighted by atomic mass is 10.2. The SMILES string of the molecule is CN1CCN(c2ccc(NC(=O)c3ccoc3CC(N)=O)cn2)CC1. The van der Waals surface area contributed by atoms with Crippen LogP contribution in [0.25, 0.3) is 0 Å². The van der Waals surface area contributed by atoms with Crippen LogP contribution in [0.15, 0.2) is 35.1 Å². The third kappa shape index (κ3) is 4.16. The number of anilines is 2.